The number of carbonyl (C=O) groups excluding carboxylic acids is 1. The molecule has 0 unspecified atom stereocenters. The number of ether oxygens (including phenoxy) is 1. The molecule has 26 heavy (non-hydrogen) atoms. The first-order valence-corrected chi connectivity index (χ1v) is 9.53. The molecule has 1 aliphatic rings. The number of hydrogen-bond acceptors (Lipinski definition) is 3. The number of carbonyl (C=O) groups is 1. The van der Waals surface area contributed by atoms with Crippen LogP contribution in [0.25, 0.3) is 0 Å². The lowest BCUT2D eigenvalue weighted by Crippen LogP contribution is -2.38. The Bertz CT molecular complexity index is 682. The van der Waals surface area contributed by atoms with E-state index in [-0.39, 0.29) is 5.91 Å². The number of rotatable bonds is 8. The molecule has 0 bridgehead atoms. The van der Waals surface area contributed by atoms with Crippen molar-refractivity contribution in [3.63, 3.8) is 0 Å². The Kier molecular flexibility index (Phi) is 7.23. The Morgan fingerprint density at radius 2 is 1.69 bits per heavy atom. The average Bonchev–Trinajstić information content (AvgIpc) is 2.71. The van der Waals surface area contributed by atoms with Gasteiger partial charge < -0.3 is 10.1 Å². The van der Waals surface area contributed by atoms with E-state index < -0.39 is 0 Å². The van der Waals surface area contributed by atoms with Gasteiger partial charge in [0.25, 0.3) is 5.91 Å². The molecular weight excluding hydrogens is 324 g/mol. The number of nitrogens with zero attached hydrogens (tertiary/aromatic N) is 1. The second-order valence-electron chi connectivity index (χ2n) is 6.71. The van der Waals surface area contributed by atoms with Gasteiger partial charge in [-0.05, 0) is 43.0 Å². The minimum Gasteiger partial charge on any atom is -0.379 e. The SMILES string of the molecule is O=C(NCCCN1CCOCC1)c1ccccc1CCc1ccccc1. The van der Waals surface area contributed by atoms with E-state index in [0.29, 0.717) is 6.54 Å². The molecule has 0 aromatic heterocycles. The standard InChI is InChI=1S/C22H28N2O2/c25-22(23-13-6-14-24-15-17-26-18-16-24)21-10-5-4-9-20(21)12-11-19-7-2-1-3-8-19/h1-5,7-10H,6,11-18H2,(H,23,25). The first-order chi connectivity index (χ1) is 12.8. The summed E-state index contributed by atoms with van der Waals surface area (Å²) in [6, 6.07) is 18.3. The van der Waals surface area contributed by atoms with Gasteiger partial charge in [-0.2, -0.15) is 0 Å². The van der Waals surface area contributed by atoms with Crippen molar-refractivity contribution in [2.45, 2.75) is 19.3 Å². The average molecular weight is 352 g/mol. The molecule has 0 atom stereocenters. The molecule has 4 nitrogen and oxygen atoms in total. The minimum absolute atomic E-state index is 0.0376. The molecule has 1 amide bonds. The van der Waals surface area contributed by atoms with Crippen LogP contribution in [-0.2, 0) is 17.6 Å². The Balaban J connectivity index is 1.47. The van der Waals surface area contributed by atoms with Crippen molar-refractivity contribution in [1.82, 2.24) is 10.2 Å². The summed E-state index contributed by atoms with van der Waals surface area (Å²) in [5.74, 6) is 0.0376. The Morgan fingerprint density at radius 3 is 2.50 bits per heavy atom. The van der Waals surface area contributed by atoms with Crippen LogP contribution >= 0.6 is 0 Å². The van der Waals surface area contributed by atoms with Gasteiger partial charge in [0.1, 0.15) is 0 Å². The Morgan fingerprint density at radius 1 is 0.962 bits per heavy atom. The van der Waals surface area contributed by atoms with Gasteiger partial charge in [0.05, 0.1) is 13.2 Å². The maximum Gasteiger partial charge on any atom is 0.251 e. The van der Waals surface area contributed by atoms with Crippen molar-refractivity contribution >= 4 is 5.91 Å². The first-order valence-electron chi connectivity index (χ1n) is 9.53. The van der Waals surface area contributed by atoms with E-state index in [9.17, 15) is 4.79 Å². The van der Waals surface area contributed by atoms with Crippen molar-refractivity contribution in [1.29, 1.82) is 0 Å². The number of benzene rings is 2. The summed E-state index contributed by atoms with van der Waals surface area (Å²) >= 11 is 0. The van der Waals surface area contributed by atoms with E-state index in [1.165, 1.54) is 5.56 Å². The summed E-state index contributed by atoms with van der Waals surface area (Å²) in [6.45, 7) is 5.36. The van der Waals surface area contributed by atoms with Crippen LogP contribution in [0.15, 0.2) is 54.6 Å². The summed E-state index contributed by atoms with van der Waals surface area (Å²) in [6.07, 6.45) is 2.79. The fourth-order valence-electron chi connectivity index (χ4n) is 3.31. The van der Waals surface area contributed by atoms with Crippen molar-refractivity contribution in [2.75, 3.05) is 39.4 Å². The minimum atomic E-state index is 0.0376. The highest BCUT2D eigenvalue weighted by atomic mass is 16.5. The highest BCUT2D eigenvalue weighted by Gasteiger charge is 2.12. The van der Waals surface area contributed by atoms with Crippen molar-refractivity contribution in [2.24, 2.45) is 0 Å². The molecule has 1 saturated heterocycles. The van der Waals surface area contributed by atoms with E-state index in [1.54, 1.807) is 0 Å². The second-order valence-corrected chi connectivity index (χ2v) is 6.71. The normalized spacial score (nSPS) is 14.9. The predicted molar refractivity (Wildman–Crippen MR) is 105 cm³/mol. The summed E-state index contributed by atoms with van der Waals surface area (Å²) in [7, 11) is 0. The predicted octanol–water partition coefficient (Wildman–Crippen LogP) is 2.92. The molecule has 1 aliphatic heterocycles. The van der Waals surface area contributed by atoms with E-state index in [0.717, 1.165) is 63.2 Å². The molecule has 1 heterocycles. The highest BCUT2D eigenvalue weighted by molar-refractivity contribution is 5.95. The smallest absolute Gasteiger partial charge is 0.251 e. The maximum atomic E-state index is 12.6. The van der Waals surface area contributed by atoms with E-state index >= 15 is 0 Å². The molecule has 2 aromatic rings. The van der Waals surface area contributed by atoms with E-state index in [1.807, 2.05) is 24.3 Å². The zero-order chi connectivity index (χ0) is 18.0. The first kappa shape index (κ1) is 18.6. The molecule has 3 rings (SSSR count). The summed E-state index contributed by atoms with van der Waals surface area (Å²) in [5, 5.41) is 3.08. The van der Waals surface area contributed by atoms with Crippen LogP contribution < -0.4 is 5.32 Å². The van der Waals surface area contributed by atoms with Gasteiger partial charge in [-0.1, -0.05) is 48.5 Å². The summed E-state index contributed by atoms with van der Waals surface area (Å²) < 4.78 is 5.36. The lowest BCUT2D eigenvalue weighted by atomic mass is 9.99. The third-order valence-corrected chi connectivity index (χ3v) is 4.83. The number of nitrogens with one attached hydrogen (secondary N) is 1. The lowest BCUT2D eigenvalue weighted by Gasteiger charge is -2.26. The van der Waals surface area contributed by atoms with Gasteiger partial charge in [0, 0.05) is 25.2 Å². The van der Waals surface area contributed by atoms with Crippen LogP contribution in [-0.4, -0.2) is 50.2 Å². The fraction of sp³-hybridized carbons (Fsp3) is 0.409. The van der Waals surface area contributed by atoms with Crippen molar-refractivity contribution in [3.05, 3.63) is 71.3 Å². The van der Waals surface area contributed by atoms with Crippen LogP contribution in [0.5, 0.6) is 0 Å². The van der Waals surface area contributed by atoms with Crippen LogP contribution in [0.2, 0.25) is 0 Å². The topological polar surface area (TPSA) is 41.6 Å². The Hall–Kier alpha value is -2.17. The van der Waals surface area contributed by atoms with Crippen molar-refractivity contribution in [3.8, 4) is 0 Å². The van der Waals surface area contributed by atoms with Gasteiger partial charge in [0.2, 0.25) is 0 Å². The molecular formula is C22H28N2O2. The molecule has 4 heteroatoms. The zero-order valence-electron chi connectivity index (χ0n) is 15.3. The third-order valence-electron chi connectivity index (χ3n) is 4.83. The summed E-state index contributed by atoms with van der Waals surface area (Å²) in [5.41, 5.74) is 3.21. The molecule has 1 fully saturated rings. The molecule has 0 aliphatic carbocycles. The van der Waals surface area contributed by atoms with Gasteiger partial charge in [-0.25, -0.2) is 0 Å². The largest absolute Gasteiger partial charge is 0.379 e. The van der Waals surface area contributed by atoms with Gasteiger partial charge in [-0.15, -0.1) is 0 Å². The third kappa shape index (κ3) is 5.68. The Labute approximate surface area is 156 Å². The van der Waals surface area contributed by atoms with E-state index in [4.69, 9.17) is 4.74 Å². The maximum absolute atomic E-state index is 12.6. The quantitative estimate of drug-likeness (QED) is 0.743. The molecule has 1 N–H and O–H groups in total. The number of aryl methyl sites for hydroxylation is 2. The highest BCUT2D eigenvalue weighted by Crippen LogP contribution is 2.13. The van der Waals surface area contributed by atoms with E-state index in [2.05, 4.69) is 40.5 Å². The number of morpholine rings is 1. The number of amides is 1. The number of hydrogen-bond donors (Lipinski definition) is 1. The molecule has 0 radical (unpaired) electrons. The van der Waals surface area contributed by atoms with Gasteiger partial charge >= 0.3 is 0 Å². The summed E-state index contributed by atoms with van der Waals surface area (Å²) in [4.78, 5) is 15.0. The zero-order valence-corrected chi connectivity index (χ0v) is 15.3. The second kappa shape index (κ2) is 10.1. The van der Waals surface area contributed by atoms with Crippen LogP contribution in [0, 0.1) is 0 Å². The van der Waals surface area contributed by atoms with Crippen LogP contribution in [0.1, 0.15) is 27.9 Å². The van der Waals surface area contributed by atoms with Crippen LogP contribution in [0.4, 0.5) is 0 Å². The van der Waals surface area contributed by atoms with Gasteiger partial charge in [0.15, 0.2) is 0 Å². The lowest BCUT2D eigenvalue weighted by molar-refractivity contribution is 0.0374. The van der Waals surface area contributed by atoms with Crippen molar-refractivity contribution < 1.29 is 9.53 Å². The molecule has 0 spiro atoms. The molecule has 138 valence electrons. The monoisotopic (exact) mass is 352 g/mol. The van der Waals surface area contributed by atoms with Gasteiger partial charge in [-0.3, -0.25) is 9.69 Å². The molecule has 0 saturated carbocycles. The molecule has 2 aromatic carbocycles. The fourth-order valence-corrected chi connectivity index (χ4v) is 3.31. The van der Waals surface area contributed by atoms with Crippen LogP contribution in [0.3, 0.4) is 0 Å².